The van der Waals surface area contributed by atoms with Gasteiger partial charge in [-0.3, -0.25) is 0 Å². The van der Waals surface area contributed by atoms with Crippen LogP contribution in [0, 0.1) is 0 Å². The minimum absolute atomic E-state index is 0.485. The van der Waals surface area contributed by atoms with Gasteiger partial charge in [0.15, 0.2) is 0 Å². The van der Waals surface area contributed by atoms with Gasteiger partial charge in [0.1, 0.15) is 0 Å². The lowest BCUT2D eigenvalue weighted by Gasteiger charge is -2.21. The second kappa shape index (κ2) is 7.20. The number of likely N-dealkylation sites (N-methyl/N-ethyl adjacent to an activating group) is 1. The highest BCUT2D eigenvalue weighted by Gasteiger charge is 2.16. The van der Waals surface area contributed by atoms with E-state index in [0.717, 1.165) is 26.2 Å². The molecule has 3 heteroatoms. The molecule has 1 heterocycles. The molecule has 0 aromatic heterocycles. The zero-order valence-corrected chi connectivity index (χ0v) is 10.5. The van der Waals surface area contributed by atoms with Gasteiger partial charge >= 0.3 is 0 Å². The first-order chi connectivity index (χ1) is 7.22. The fourth-order valence-corrected chi connectivity index (χ4v) is 1.87. The molecule has 1 N–H and O–H groups in total. The first-order valence-corrected chi connectivity index (χ1v) is 6.26. The summed E-state index contributed by atoms with van der Waals surface area (Å²) in [5.74, 6) is 0. The maximum Gasteiger partial charge on any atom is 0.0702 e. The summed E-state index contributed by atoms with van der Waals surface area (Å²) in [6.45, 7) is 8.70. The quantitative estimate of drug-likeness (QED) is 0.695. The number of rotatable bonds is 7. The van der Waals surface area contributed by atoms with Crippen molar-refractivity contribution >= 4 is 0 Å². The minimum atomic E-state index is 0.485. The van der Waals surface area contributed by atoms with Crippen LogP contribution in [0.3, 0.4) is 0 Å². The molecule has 0 amide bonds. The van der Waals surface area contributed by atoms with Gasteiger partial charge in [-0.1, -0.05) is 6.92 Å². The summed E-state index contributed by atoms with van der Waals surface area (Å²) in [6, 6.07) is 0.640. The Balaban J connectivity index is 2.00. The molecule has 0 aromatic carbocycles. The molecule has 0 saturated carbocycles. The van der Waals surface area contributed by atoms with Crippen molar-refractivity contribution in [2.75, 3.05) is 33.3 Å². The lowest BCUT2D eigenvalue weighted by atomic mass is 10.2. The van der Waals surface area contributed by atoms with Crippen LogP contribution in [0.2, 0.25) is 0 Å². The molecule has 0 bridgehead atoms. The van der Waals surface area contributed by atoms with Crippen LogP contribution in [-0.2, 0) is 4.74 Å². The first kappa shape index (κ1) is 12.9. The Labute approximate surface area is 94.2 Å². The van der Waals surface area contributed by atoms with Crippen LogP contribution in [0.4, 0.5) is 0 Å². The SMILES string of the molecule is CCC(C)NCCN(C)CC1CCCO1. The van der Waals surface area contributed by atoms with Gasteiger partial charge in [0.05, 0.1) is 6.10 Å². The van der Waals surface area contributed by atoms with Crippen molar-refractivity contribution in [3.05, 3.63) is 0 Å². The van der Waals surface area contributed by atoms with E-state index in [4.69, 9.17) is 4.74 Å². The van der Waals surface area contributed by atoms with Crippen molar-refractivity contribution in [1.29, 1.82) is 0 Å². The Bertz CT molecular complexity index is 158. The summed E-state index contributed by atoms with van der Waals surface area (Å²) in [4.78, 5) is 2.37. The number of hydrogen-bond acceptors (Lipinski definition) is 3. The molecule has 1 saturated heterocycles. The van der Waals surface area contributed by atoms with Crippen LogP contribution in [-0.4, -0.2) is 50.3 Å². The maximum atomic E-state index is 5.61. The molecule has 0 radical (unpaired) electrons. The summed E-state index contributed by atoms with van der Waals surface area (Å²) < 4.78 is 5.61. The van der Waals surface area contributed by atoms with Crippen LogP contribution in [0.1, 0.15) is 33.1 Å². The van der Waals surface area contributed by atoms with Crippen molar-refractivity contribution in [3.63, 3.8) is 0 Å². The Kier molecular flexibility index (Phi) is 6.22. The average molecular weight is 214 g/mol. The topological polar surface area (TPSA) is 24.5 Å². The monoisotopic (exact) mass is 214 g/mol. The lowest BCUT2D eigenvalue weighted by molar-refractivity contribution is 0.0813. The van der Waals surface area contributed by atoms with Crippen molar-refractivity contribution in [2.45, 2.75) is 45.3 Å². The van der Waals surface area contributed by atoms with Gasteiger partial charge in [-0.2, -0.15) is 0 Å². The summed E-state index contributed by atoms with van der Waals surface area (Å²) in [5.41, 5.74) is 0. The first-order valence-electron chi connectivity index (χ1n) is 6.26. The predicted molar refractivity (Wildman–Crippen MR) is 64.2 cm³/mol. The van der Waals surface area contributed by atoms with E-state index in [1.54, 1.807) is 0 Å². The standard InChI is InChI=1S/C12H26N2O/c1-4-11(2)13-7-8-14(3)10-12-6-5-9-15-12/h11-13H,4-10H2,1-3H3. The van der Waals surface area contributed by atoms with E-state index in [1.807, 2.05) is 0 Å². The second-order valence-corrected chi connectivity index (χ2v) is 4.66. The Morgan fingerprint density at radius 2 is 2.33 bits per heavy atom. The molecule has 0 aliphatic carbocycles. The third-order valence-corrected chi connectivity index (χ3v) is 3.14. The summed E-state index contributed by atoms with van der Waals surface area (Å²) in [7, 11) is 2.18. The predicted octanol–water partition coefficient (Wildman–Crippen LogP) is 1.49. The van der Waals surface area contributed by atoms with E-state index in [-0.39, 0.29) is 0 Å². The highest BCUT2D eigenvalue weighted by Crippen LogP contribution is 2.12. The fraction of sp³-hybridized carbons (Fsp3) is 1.00. The molecule has 0 aromatic rings. The van der Waals surface area contributed by atoms with Crippen LogP contribution >= 0.6 is 0 Å². The zero-order chi connectivity index (χ0) is 11.1. The van der Waals surface area contributed by atoms with E-state index >= 15 is 0 Å². The van der Waals surface area contributed by atoms with Gasteiger partial charge in [-0.05, 0) is 33.2 Å². The van der Waals surface area contributed by atoms with Crippen LogP contribution < -0.4 is 5.32 Å². The van der Waals surface area contributed by atoms with Crippen molar-refractivity contribution in [3.8, 4) is 0 Å². The largest absolute Gasteiger partial charge is 0.377 e. The molecular weight excluding hydrogens is 188 g/mol. The molecule has 2 unspecified atom stereocenters. The maximum absolute atomic E-state index is 5.61. The molecule has 0 spiro atoms. The molecule has 1 aliphatic rings. The number of ether oxygens (including phenoxy) is 1. The van der Waals surface area contributed by atoms with Crippen LogP contribution in [0.25, 0.3) is 0 Å². The molecule has 2 atom stereocenters. The van der Waals surface area contributed by atoms with E-state index in [1.165, 1.54) is 19.3 Å². The van der Waals surface area contributed by atoms with E-state index in [0.29, 0.717) is 12.1 Å². The third-order valence-electron chi connectivity index (χ3n) is 3.14. The van der Waals surface area contributed by atoms with Crippen LogP contribution in [0.5, 0.6) is 0 Å². The molecular formula is C12H26N2O. The molecule has 1 aliphatic heterocycles. The Hall–Kier alpha value is -0.120. The highest BCUT2D eigenvalue weighted by atomic mass is 16.5. The normalized spacial score (nSPS) is 23.6. The molecule has 1 fully saturated rings. The van der Waals surface area contributed by atoms with Gasteiger partial charge in [-0.15, -0.1) is 0 Å². The van der Waals surface area contributed by atoms with Crippen molar-refractivity contribution in [1.82, 2.24) is 10.2 Å². The van der Waals surface area contributed by atoms with Gasteiger partial charge in [-0.25, -0.2) is 0 Å². The van der Waals surface area contributed by atoms with E-state index < -0.39 is 0 Å². The van der Waals surface area contributed by atoms with Gasteiger partial charge in [0.25, 0.3) is 0 Å². The van der Waals surface area contributed by atoms with E-state index in [2.05, 4.69) is 31.1 Å². The second-order valence-electron chi connectivity index (χ2n) is 4.66. The lowest BCUT2D eigenvalue weighted by Crippen LogP contribution is -2.37. The average Bonchev–Trinajstić information content (AvgIpc) is 2.70. The fourth-order valence-electron chi connectivity index (χ4n) is 1.87. The van der Waals surface area contributed by atoms with Gasteiger partial charge in [0, 0.05) is 32.3 Å². The third kappa shape index (κ3) is 5.50. The summed E-state index contributed by atoms with van der Waals surface area (Å²) in [5, 5.41) is 3.51. The van der Waals surface area contributed by atoms with Gasteiger partial charge < -0.3 is 15.0 Å². The van der Waals surface area contributed by atoms with Crippen molar-refractivity contribution in [2.24, 2.45) is 0 Å². The Morgan fingerprint density at radius 1 is 1.53 bits per heavy atom. The number of nitrogens with one attached hydrogen (secondary N) is 1. The van der Waals surface area contributed by atoms with Crippen LogP contribution in [0.15, 0.2) is 0 Å². The van der Waals surface area contributed by atoms with Crippen molar-refractivity contribution < 1.29 is 4.74 Å². The zero-order valence-electron chi connectivity index (χ0n) is 10.5. The summed E-state index contributed by atoms with van der Waals surface area (Å²) >= 11 is 0. The number of nitrogens with zero attached hydrogens (tertiary/aromatic N) is 1. The molecule has 90 valence electrons. The van der Waals surface area contributed by atoms with E-state index in [9.17, 15) is 0 Å². The Morgan fingerprint density at radius 3 is 2.93 bits per heavy atom. The molecule has 1 rings (SSSR count). The number of hydrogen-bond donors (Lipinski definition) is 1. The molecule has 15 heavy (non-hydrogen) atoms. The van der Waals surface area contributed by atoms with Gasteiger partial charge in [0.2, 0.25) is 0 Å². The highest BCUT2D eigenvalue weighted by molar-refractivity contribution is 4.69. The molecule has 3 nitrogen and oxygen atoms in total. The summed E-state index contributed by atoms with van der Waals surface area (Å²) in [6.07, 6.45) is 4.17. The minimum Gasteiger partial charge on any atom is -0.377 e. The smallest absolute Gasteiger partial charge is 0.0702 e.